The highest BCUT2D eigenvalue weighted by atomic mass is 35.5. The van der Waals surface area contributed by atoms with Gasteiger partial charge in [0.1, 0.15) is 0 Å². The van der Waals surface area contributed by atoms with Crippen molar-refractivity contribution in [2.24, 2.45) is 5.92 Å². The van der Waals surface area contributed by atoms with Crippen molar-refractivity contribution in [3.63, 3.8) is 0 Å². The van der Waals surface area contributed by atoms with Gasteiger partial charge in [-0.3, -0.25) is 9.59 Å². The van der Waals surface area contributed by atoms with E-state index in [4.69, 9.17) is 32.7 Å². The van der Waals surface area contributed by atoms with Crippen LogP contribution in [0.1, 0.15) is 17.0 Å². The van der Waals surface area contributed by atoms with Crippen LogP contribution in [0.15, 0.2) is 48.5 Å². The number of carbonyl (C=O) groups is 2. The fourth-order valence-electron chi connectivity index (χ4n) is 2.94. The average molecular weight is 459 g/mol. The summed E-state index contributed by atoms with van der Waals surface area (Å²) < 4.78 is 35.3. The van der Waals surface area contributed by atoms with Crippen molar-refractivity contribution in [2.75, 3.05) is 20.0 Å². The Morgan fingerprint density at radius 1 is 0.862 bits per heavy atom. The Bertz CT molecular complexity index is 939. The number of halogens is 2. The van der Waals surface area contributed by atoms with Crippen LogP contribution in [0.4, 0.5) is 0 Å². The fourth-order valence-corrected chi connectivity index (χ4v) is 4.94. The van der Waals surface area contributed by atoms with Gasteiger partial charge in [0.25, 0.3) is 0 Å². The van der Waals surface area contributed by atoms with Crippen molar-refractivity contribution < 1.29 is 27.5 Å². The third-order valence-corrected chi connectivity index (χ3v) is 6.49. The molecule has 1 atom stereocenters. The molecule has 9 heteroatoms. The zero-order chi connectivity index (χ0) is 21.6. The minimum atomic E-state index is -3.73. The molecule has 0 aliphatic rings. The summed E-state index contributed by atoms with van der Waals surface area (Å²) in [4.78, 5) is 24.6. The summed E-state index contributed by atoms with van der Waals surface area (Å²) in [6.07, 6.45) is 0. The molecule has 0 aliphatic carbocycles. The van der Waals surface area contributed by atoms with E-state index in [0.717, 1.165) is 14.2 Å². The van der Waals surface area contributed by atoms with Crippen molar-refractivity contribution in [1.29, 1.82) is 0 Å². The number of hydrogen-bond acceptors (Lipinski definition) is 6. The normalized spacial score (nSPS) is 12.4. The average Bonchev–Trinajstić information content (AvgIpc) is 2.69. The first-order valence-electron chi connectivity index (χ1n) is 8.53. The number of sulfone groups is 1. The van der Waals surface area contributed by atoms with Crippen LogP contribution < -0.4 is 0 Å². The standard InChI is InChI=1S/C20H20Cl2O6S/c1-27-19(23)18(20(24)28-2)17(14-5-9-16(22)10-6-14)12-29(25,26)11-13-3-7-15(21)8-4-13/h3-10,17-18H,11-12H2,1-2H3. The lowest BCUT2D eigenvalue weighted by Crippen LogP contribution is -2.35. The van der Waals surface area contributed by atoms with E-state index in [1.807, 2.05) is 0 Å². The lowest BCUT2D eigenvalue weighted by Gasteiger charge is -2.24. The van der Waals surface area contributed by atoms with E-state index in [9.17, 15) is 18.0 Å². The molecular weight excluding hydrogens is 439 g/mol. The Morgan fingerprint density at radius 2 is 1.31 bits per heavy atom. The van der Waals surface area contributed by atoms with Crippen molar-refractivity contribution in [3.8, 4) is 0 Å². The molecule has 0 aliphatic heterocycles. The SMILES string of the molecule is COC(=O)C(C(=O)OC)C(CS(=O)(=O)Cc1ccc(Cl)cc1)c1ccc(Cl)cc1. The molecule has 0 radical (unpaired) electrons. The Kier molecular flexibility index (Phi) is 8.07. The molecule has 0 amide bonds. The third kappa shape index (κ3) is 6.45. The summed E-state index contributed by atoms with van der Waals surface area (Å²) in [5.41, 5.74) is 0.992. The molecule has 0 aromatic heterocycles. The fraction of sp³-hybridized carbons (Fsp3) is 0.300. The van der Waals surface area contributed by atoms with Crippen LogP contribution in [-0.4, -0.2) is 40.3 Å². The molecule has 156 valence electrons. The maximum absolute atomic E-state index is 12.9. The number of benzene rings is 2. The van der Waals surface area contributed by atoms with E-state index in [1.165, 1.54) is 0 Å². The first kappa shape index (κ1) is 23.2. The van der Waals surface area contributed by atoms with E-state index in [1.54, 1.807) is 48.5 Å². The molecule has 2 aromatic carbocycles. The quantitative estimate of drug-likeness (QED) is 0.443. The highest BCUT2D eigenvalue weighted by Gasteiger charge is 2.40. The Balaban J connectivity index is 2.42. The van der Waals surface area contributed by atoms with Gasteiger partial charge < -0.3 is 9.47 Å². The van der Waals surface area contributed by atoms with Crippen LogP contribution in [0.25, 0.3) is 0 Å². The molecule has 0 N–H and O–H groups in total. The van der Waals surface area contributed by atoms with E-state index in [-0.39, 0.29) is 5.75 Å². The summed E-state index contributed by atoms with van der Waals surface area (Å²) in [5, 5.41) is 0.922. The smallest absolute Gasteiger partial charge is 0.320 e. The van der Waals surface area contributed by atoms with E-state index in [0.29, 0.717) is 21.2 Å². The van der Waals surface area contributed by atoms with E-state index >= 15 is 0 Å². The van der Waals surface area contributed by atoms with Gasteiger partial charge in [0.2, 0.25) is 0 Å². The number of carbonyl (C=O) groups excluding carboxylic acids is 2. The number of ether oxygens (including phenoxy) is 2. The van der Waals surface area contributed by atoms with Gasteiger partial charge in [-0.05, 0) is 35.4 Å². The summed E-state index contributed by atoms with van der Waals surface area (Å²) in [7, 11) is -1.48. The van der Waals surface area contributed by atoms with Crippen LogP contribution >= 0.6 is 23.2 Å². The molecule has 0 saturated carbocycles. The number of rotatable bonds is 8. The molecule has 0 spiro atoms. The molecule has 29 heavy (non-hydrogen) atoms. The maximum atomic E-state index is 12.9. The summed E-state index contributed by atoms with van der Waals surface area (Å²) in [5.74, 6) is -4.94. The predicted molar refractivity (Wildman–Crippen MR) is 111 cm³/mol. The van der Waals surface area contributed by atoms with Crippen LogP contribution in [0.2, 0.25) is 10.0 Å². The van der Waals surface area contributed by atoms with Gasteiger partial charge in [0, 0.05) is 16.0 Å². The zero-order valence-corrected chi connectivity index (χ0v) is 18.1. The highest BCUT2D eigenvalue weighted by Crippen LogP contribution is 2.31. The van der Waals surface area contributed by atoms with Gasteiger partial charge in [-0.15, -0.1) is 0 Å². The van der Waals surface area contributed by atoms with Gasteiger partial charge in [0.05, 0.1) is 25.7 Å². The summed E-state index contributed by atoms with van der Waals surface area (Å²) in [6.45, 7) is 0. The van der Waals surface area contributed by atoms with Crippen molar-refractivity contribution in [2.45, 2.75) is 11.7 Å². The van der Waals surface area contributed by atoms with Crippen molar-refractivity contribution >= 4 is 45.0 Å². The Labute approximate surface area is 179 Å². The van der Waals surface area contributed by atoms with Crippen LogP contribution in [0.5, 0.6) is 0 Å². The van der Waals surface area contributed by atoms with Gasteiger partial charge in [-0.25, -0.2) is 8.42 Å². The molecule has 2 aromatic rings. The van der Waals surface area contributed by atoms with E-state index < -0.39 is 39.4 Å². The molecule has 1 unspecified atom stereocenters. The topological polar surface area (TPSA) is 86.7 Å². The minimum Gasteiger partial charge on any atom is -0.468 e. The second kappa shape index (κ2) is 10.1. The van der Waals surface area contributed by atoms with Crippen LogP contribution in [-0.2, 0) is 34.7 Å². The van der Waals surface area contributed by atoms with Crippen LogP contribution in [0, 0.1) is 5.92 Å². The van der Waals surface area contributed by atoms with Crippen molar-refractivity contribution in [3.05, 3.63) is 69.7 Å². The largest absolute Gasteiger partial charge is 0.468 e. The second-order valence-corrected chi connectivity index (χ2v) is 9.35. The first-order chi connectivity index (χ1) is 13.7. The zero-order valence-electron chi connectivity index (χ0n) is 15.8. The van der Waals surface area contributed by atoms with Gasteiger partial charge in [-0.1, -0.05) is 47.5 Å². The summed E-state index contributed by atoms with van der Waals surface area (Å²) >= 11 is 11.8. The minimum absolute atomic E-state index is 0.274. The van der Waals surface area contributed by atoms with Gasteiger partial charge in [0.15, 0.2) is 15.8 Å². The van der Waals surface area contributed by atoms with Gasteiger partial charge >= 0.3 is 11.9 Å². The lowest BCUT2D eigenvalue weighted by atomic mass is 9.87. The maximum Gasteiger partial charge on any atom is 0.320 e. The Morgan fingerprint density at radius 3 is 1.76 bits per heavy atom. The number of methoxy groups -OCH3 is 2. The number of esters is 2. The van der Waals surface area contributed by atoms with Crippen molar-refractivity contribution in [1.82, 2.24) is 0 Å². The van der Waals surface area contributed by atoms with Gasteiger partial charge in [-0.2, -0.15) is 0 Å². The molecule has 0 saturated heterocycles. The third-order valence-electron chi connectivity index (χ3n) is 4.34. The number of hydrogen-bond donors (Lipinski definition) is 0. The Hall–Kier alpha value is -2.09. The monoisotopic (exact) mass is 458 g/mol. The molecule has 0 bridgehead atoms. The molecule has 2 rings (SSSR count). The lowest BCUT2D eigenvalue weighted by molar-refractivity contribution is -0.159. The van der Waals surface area contributed by atoms with Crippen LogP contribution in [0.3, 0.4) is 0 Å². The summed E-state index contributed by atoms with van der Waals surface area (Å²) in [6, 6.07) is 12.7. The molecule has 0 fully saturated rings. The molecule has 6 nitrogen and oxygen atoms in total. The second-order valence-electron chi connectivity index (χ2n) is 6.36. The van der Waals surface area contributed by atoms with E-state index in [2.05, 4.69) is 0 Å². The molecule has 0 heterocycles. The molecular formula is C20H20Cl2O6S. The first-order valence-corrected chi connectivity index (χ1v) is 11.1. The highest BCUT2D eigenvalue weighted by molar-refractivity contribution is 7.90. The predicted octanol–water partition coefficient (Wildman–Crippen LogP) is 3.65.